The van der Waals surface area contributed by atoms with Gasteiger partial charge in [0.25, 0.3) is 0 Å². The lowest BCUT2D eigenvalue weighted by Gasteiger charge is -2.10. The van der Waals surface area contributed by atoms with Gasteiger partial charge in [0.15, 0.2) is 0 Å². The summed E-state index contributed by atoms with van der Waals surface area (Å²) in [6.07, 6.45) is -4.62. The Kier molecular flexibility index (Phi) is 5.38. The number of carbonyl (C=O) groups is 2. The van der Waals surface area contributed by atoms with Crippen LogP contribution in [0.4, 0.5) is 18.9 Å². The molecule has 1 heterocycles. The maximum Gasteiger partial charge on any atom is 0.408 e. The van der Waals surface area contributed by atoms with Crippen LogP contribution in [0, 0.1) is 20.8 Å². The molecule has 6 nitrogen and oxygen atoms in total. The minimum Gasteiger partial charge on any atom is -0.478 e. The molecule has 26 heavy (non-hydrogen) atoms. The van der Waals surface area contributed by atoms with Crippen molar-refractivity contribution >= 4 is 17.6 Å². The van der Waals surface area contributed by atoms with E-state index in [1.54, 1.807) is 13.0 Å². The van der Waals surface area contributed by atoms with Gasteiger partial charge in [-0.3, -0.25) is 9.48 Å². The number of rotatable bonds is 5. The van der Waals surface area contributed by atoms with Gasteiger partial charge in [0.1, 0.15) is 6.54 Å². The van der Waals surface area contributed by atoms with Gasteiger partial charge in [0, 0.05) is 11.3 Å². The van der Waals surface area contributed by atoms with Crippen LogP contribution >= 0.6 is 0 Å². The van der Waals surface area contributed by atoms with Gasteiger partial charge in [-0.2, -0.15) is 18.3 Å². The number of hydrogen-bond donors (Lipinski definition) is 2. The minimum atomic E-state index is -4.42. The quantitative estimate of drug-likeness (QED) is 0.847. The monoisotopic (exact) mass is 369 g/mol. The average molecular weight is 369 g/mol. The van der Waals surface area contributed by atoms with Crippen molar-refractivity contribution in [2.75, 3.05) is 5.32 Å². The van der Waals surface area contributed by atoms with E-state index in [1.165, 1.54) is 26.0 Å². The van der Waals surface area contributed by atoms with E-state index in [0.717, 1.165) is 10.2 Å². The molecule has 0 fully saturated rings. The van der Waals surface area contributed by atoms with E-state index in [4.69, 9.17) is 0 Å². The zero-order valence-corrected chi connectivity index (χ0v) is 14.4. The van der Waals surface area contributed by atoms with Gasteiger partial charge in [-0.15, -0.1) is 0 Å². The Balaban J connectivity index is 2.20. The number of aromatic carboxylic acids is 1. The smallest absolute Gasteiger partial charge is 0.408 e. The summed E-state index contributed by atoms with van der Waals surface area (Å²) in [5.41, 5.74) is 1.75. The number of nitrogens with zero attached hydrogens (tertiary/aromatic N) is 2. The second-order valence-electron chi connectivity index (χ2n) is 6.00. The molecule has 0 aliphatic carbocycles. The number of anilines is 1. The van der Waals surface area contributed by atoms with Gasteiger partial charge < -0.3 is 10.4 Å². The molecule has 0 saturated carbocycles. The summed E-state index contributed by atoms with van der Waals surface area (Å²) in [5, 5.41) is 15.6. The van der Waals surface area contributed by atoms with E-state index in [2.05, 4.69) is 10.4 Å². The predicted octanol–water partition coefficient (Wildman–Crippen LogP) is 3.25. The molecule has 2 N–H and O–H groups in total. The average Bonchev–Trinajstić information content (AvgIpc) is 2.74. The molecule has 0 spiro atoms. The number of carboxylic acids is 1. The van der Waals surface area contributed by atoms with Crippen molar-refractivity contribution in [1.82, 2.24) is 9.78 Å². The van der Waals surface area contributed by atoms with Crippen LogP contribution in [0.25, 0.3) is 0 Å². The Bertz CT molecular complexity index is 857. The first-order chi connectivity index (χ1) is 12.0. The highest BCUT2D eigenvalue weighted by molar-refractivity contribution is 6.01. The number of hydrogen-bond acceptors (Lipinski definition) is 3. The van der Waals surface area contributed by atoms with Crippen molar-refractivity contribution in [3.63, 3.8) is 0 Å². The van der Waals surface area contributed by atoms with E-state index < -0.39 is 24.6 Å². The van der Waals surface area contributed by atoms with Crippen molar-refractivity contribution in [3.05, 3.63) is 46.3 Å². The molecule has 0 atom stereocenters. The lowest BCUT2D eigenvalue weighted by atomic mass is 10.1. The van der Waals surface area contributed by atoms with E-state index in [1.807, 2.05) is 0 Å². The maximum atomic E-state index is 12.6. The molecule has 0 aliphatic heterocycles. The van der Waals surface area contributed by atoms with Crippen LogP contribution in [0.5, 0.6) is 0 Å². The summed E-state index contributed by atoms with van der Waals surface area (Å²) in [4.78, 5) is 23.6. The number of alkyl halides is 3. The van der Waals surface area contributed by atoms with Crippen molar-refractivity contribution in [2.45, 2.75) is 39.9 Å². The van der Waals surface area contributed by atoms with Gasteiger partial charge in [0.2, 0.25) is 5.91 Å². The molecule has 0 bridgehead atoms. The van der Waals surface area contributed by atoms with Crippen molar-refractivity contribution in [3.8, 4) is 0 Å². The van der Waals surface area contributed by atoms with E-state index in [9.17, 15) is 27.9 Å². The zero-order chi connectivity index (χ0) is 19.6. The van der Waals surface area contributed by atoms with Crippen molar-refractivity contribution in [1.29, 1.82) is 0 Å². The summed E-state index contributed by atoms with van der Waals surface area (Å²) in [7, 11) is 0. The first-order valence-electron chi connectivity index (χ1n) is 7.71. The van der Waals surface area contributed by atoms with Crippen LogP contribution in [-0.2, 0) is 17.8 Å². The SMILES string of the molecule is Cc1ccc(NC(=O)Cc2c(C)nn(CC(F)(F)F)c2C)c(C(=O)O)c1. The molecular formula is C17H18F3N3O3. The van der Waals surface area contributed by atoms with Gasteiger partial charge in [-0.25, -0.2) is 4.79 Å². The number of halogens is 3. The molecule has 2 rings (SSSR count). The third-order valence-electron chi connectivity index (χ3n) is 3.88. The molecule has 2 aromatic rings. The first-order valence-corrected chi connectivity index (χ1v) is 7.71. The van der Waals surface area contributed by atoms with Gasteiger partial charge in [0.05, 0.1) is 23.4 Å². The third kappa shape index (κ3) is 4.62. The van der Waals surface area contributed by atoms with Gasteiger partial charge in [-0.1, -0.05) is 11.6 Å². The molecule has 0 saturated heterocycles. The molecular weight excluding hydrogens is 351 g/mol. The number of amides is 1. The number of aryl methyl sites for hydroxylation is 2. The maximum absolute atomic E-state index is 12.6. The molecule has 1 aromatic heterocycles. The molecule has 0 aliphatic rings. The number of carboxylic acid groups (broad SMARTS) is 1. The molecule has 140 valence electrons. The Labute approximate surface area is 147 Å². The topological polar surface area (TPSA) is 84.2 Å². The Morgan fingerprint density at radius 2 is 1.88 bits per heavy atom. The standard InChI is InChI=1S/C17H18F3N3O3/c1-9-4-5-14(13(6-9)16(25)26)21-15(24)7-12-10(2)22-23(11(12)3)8-17(18,19)20/h4-6H,7-8H2,1-3H3,(H,21,24)(H,25,26). The van der Waals surface area contributed by atoms with Crippen LogP contribution in [0.15, 0.2) is 18.2 Å². The number of benzene rings is 1. The summed E-state index contributed by atoms with van der Waals surface area (Å²) in [6.45, 7) is 3.47. The highest BCUT2D eigenvalue weighted by Gasteiger charge is 2.30. The Morgan fingerprint density at radius 3 is 2.46 bits per heavy atom. The number of aromatic nitrogens is 2. The van der Waals surface area contributed by atoms with E-state index >= 15 is 0 Å². The predicted molar refractivity (Wildman–Crippen MR) is 88.2 cm³/mol. The summed E-state index contributed by atoms with van der Waals surface area (Å²) < 4.78 is 38.5. The van der Waals surface area contributed by atoms with Crippen LogP contribution in [0.2, 0.25) is 0 Å². The molecule has 1 amide bonds. The van der Waals surface area contributed by atoms with Crippen LogP contribution in [0.1, 0.15) is 32.9 Å². The van der Waals surface area contributed by atoms with Gasteiger partial charge >= 0.3 is 12.1 Å². The minimum absolute atomic E-state index is 0.0560. The van der Waals surface area contributed by atoms with Crippen molar-refractivity contribution in [2.24, 2.45) is 0 Å². The number of carbonyl (C=O) groups excluding carboxylic acids is 1. The lowest BCUT2D eigenvalue weighted by molar-refractivity contribution is -0.143. The fraction of sp³-hybridized carbons (Fsp3) is 0.353. The number of nitrogens with one attached hydrogen (secondary N) is 1. The third-order valence-corrected chi connectivity index (χ3v) is 3.88. The van der Waals surface area contributed by atoms with Crippen molar-refractivity contribution < 1.29 is 27.9 Å². The highest BCUT2D eigenvalue weighted by Crippen LogP contribution is 2.22. The molecule has 0 unspecified atom stereocenters. The summed E-state index contributed by atoms with van der Waals surface area (Å²) in [5.74, 6) is -1.72. The molecule has 9 heteroatoms. The molecule has 0 radical (unpaired) electrons. The highest BCUT2D eigenvalue weighted by atomic mass is 19.4. The fourth-order valence-corrected chi connectivity index (χ4v) is 2.61. The lowest BCUT2D eigenvalue weighted by Crippen LogP contribution is -2.20. The molecule has 1 aromatic carbocycles. The second kappa shape index (κ2) is 7.19. The van der Waals surface area contributed by atoms with Crippen LogP contribution in [0.3, 0.4) is 0 Å². The normalized spacial score (nSPS) is 11.5. The van der Waals surface area contributed by atoms with Gasteiger partial charge in [-0.05, 0) is 32.9 Å². The Hall–Kier alpha value is -2.84. The first kappa shape index (κ1) is 19.5. The van der Waals surface area contributed by atoms with E-state index in [0.29, 0.717) is 11.3 Å². The van der Waals surface area contributed by atoms with Crippen LogP contribution in [-0.4, -0.2) is 32.9 Å². The van der Waals surface area contributed by atoms with E-state index in [-0.39, 0.29) is 23.4 Å². The summed E-state index contributed by atoms with van der Waals surface area (Å²) >= 11 is 0. The van der Waals surface area contributed by atoms with Crippen LogP contribution < -0.4 is 5.32 Å². The largest absolute Gasteiger partial charge is 0.478 e. The zero-order valence-electron chi connectivity index (χ0n) is 14.4. The fourth-order valence-electron chi connectivity index (χ4n) is 2.61. The Morgan fingerprint density at radius 1 is 1.23 bits per heavy atom. The second-order valence-corrected chi connectivity index (χ2v) is 6.00. The summed E-state index contributed by atoms with van der Waals surface area (Å²) in [6, 6.07) is 4.55.